The molecule has 0 atom stereocenters. The molecule has 4 N–H and O–H groups in total. The minimum absolute atomic E-state index is 0.0796. The van der Waals surface area contributed by atoms with Gasteiger partial charge in [0.25, 0.3) is 0 Å². The van der Waals surface area contributed by atoms with Gasteiger partial charge in [-0.05, 0) is 36.4 Å². The molecule has 0 unspecified atom stereocenters. The van der Waals surface area contributed by atoms with Gasteiger partial charge < -0.3 is 25.7 Å². The first-order valence-electron chi connectivity index (χ1n) is 8.19. The molecule has 0 bridgehead atoms. The molecule has 0 radical (unpaired) electrons. The van der Waals surface area contributed by atoms with Crippen LogP contribution in [0.1, 0.15) is 19.6 Å². The predicted molar refractivity (Wildman–Crippen MR) is 97.5 cm³/mol. The fourth-order valence-electron chi connectivity index (χ4n) is 1.92. The lowest BCUT2D eigenvalue weighted by Gasteiger charge is -2.10. The average Bonchev–Trinajstić information content (AvgIpc) is 3.13. The molecule has 0 aliphatic carbocycles. The second-order valence-electron chi connectivity index (χ2n) is 5.89. The molecule has 0 aliphatic heterocycles. The molecule has 8 nitrogen and oxygen atoms in total. The Morgan fingerprint density at radius 2 is 1.62 bits per heavy atom. The van der Waals surface area contributed by atoms with Crippen LogP contribution in [0.2, 0.25) is 0 Å². The first-order valence-corrected chi connectivity index (χ1v) is 8.19. The van der Waals surface area contributed by atoms with E-state index in [0.717, 1.165) is 0 Å². The monoisotopic (exact) mass is 358 g/mol. The van der Waals surface area contributed by atoms with E-state index in [2.05, 4.69) is 21.3 Å². The van der Waals surface area contributed by atoms with Gasteiger partial charge in [0.1, 0.15) is 5.76 Å². The Morgan fingerprint density at radius 3 is 2.19 bits per heavy atom. The zero-order chi connectivity index (χ0) is 18.9. The van der Waals surface area contributed by atoms with Crippen LogP contribution in [-0.2, 0) is 16.1 Å². The van der Waals surface area contributed by atoms with Crippen molar-refractivity contribution in [2.75, 3.05) is 17.2 Å². The van der Waals surface area contributed by atoms with E-state index in [0.29, 0.717) is 17.1 Å². The average molecular weight is 358 g/mol. The van der Waals surface area contributed by atoms with Gasteiger partial charge in [-0.25, -0.2) is 4.79 Å². The van der Waals surface area contributed by atoms with Gasteiger partial charge in [0.05, 0.1) is 19.4 Å². The lowest BCUT2D eigenvalue weighted by atomic mass is 10.2. The van der Waals surface area contributed by atoms with Gasteiger partial charge in [-0.1, -0.05) is 13.8 Å². The standard InChI is InChI=1S/C18H22N4O4/c1-12(2)17(24)21-13-5-7-14(8-6-13)22-18(25)20-11-16(23)19-10-15-4-3-9-26-15/h3-9,12H,10-11H2,1-2H3,(H,19,23)(H,21,24)(H2,20,22,25). The molecule has 2 aromatic rings. The number of furan rings is 1. The summed E-state index contributed by atoms with van der Waals surface area (Å²) in [6.07, 6.45) is 1.52. The van der Waals surface area contributed by atoms with Gasteiger partial charge in [0, 0.05) is 17.3 Å². The third-order valence-corrected chi connectivity index (χ3v) is 3.38. The Bertz CT molecular complexity index is 739. The van der Waals surface area contributed by atoms with Gasteiger partial charge in [0.2, 0.25) is 11.8 Å². The summed E-state index contributed by atoms with van der Waals surface area (Å²) in [5.74, 6) is 0.109. The molecule has 1 aromatic heterocycles. The highest BCUT2D eigenvalue weighted by Crippen LogP contribution is 2.14. The van der Waals surface area contributed by atoms with E-state index in [9.17, 15) is 14.4 Å². The molecule has 0 saturated heterocycles. The highest BCUT2D eigenvalue weighted by atomic mass is 16.3. The fraction of sp³-hybridized carbons (Fsp3) is 0.278. The normalized spacial score (nSPS) is 10.3. The minimum Gasteiger partial charge on any atom is -0.467 e. The van der Waals surface area contributed by atoms with Crippen LogP contribution in [0.4, 0.5) is 16.2 Å². The summed E-state index contributed by atoms with van der Waals surface area (Å²) >= 11 is 0. The molecule has 0 spiro atoms. The van der Waals surface area contributed by atoms with Crippen LogP contribution in [0.25, 0.3) is 0 Å². The van der Waals surface area contributed by atoms with Crippen molar-refractivity contribution >= 4 is 29.2 Å². The van der Waals surface area contributed by atoms with Gasteiger partial charge in [-0.3, -0.25) is 9.59 Å². The summed E-state index contributed by atoms with van der Waals surface area (Å²) in [7, 11) is 0. The number of benzene rings is 1. The molecule has 4 amide bonds. The molecule has 138 valence electrons. The number of carbonyl (C=O) groups is 3. The maximum atomic E-state index is 11.8. The molecule has 26 heavy (non-hydrogen) atoms. The quantitative estimate of drug-likeness (QED) is 0.608. The molecule has 0 fully saturated rings. The number of hydrogen-bond acceptors (Lipinski definition) is 4. The van der Waals surface area contributed by atoms with E-state index in [1.165, 1.54) is 6.26 Å². The predicted octanol–water partition coefficient (Wildman–Crippen LogP) is 2.31. The number of carbonyl (C=O) groups excluding carboxylic acids is 3. The first kappa shape index (κ1) is 19.0. The molecular weight excluding hydrogens is 336 g/mol. The van der Waals surface area contributed by atoms with Gasteiger partial charge in [-0.2, -0.15) is 0 Å². The minimum atomic E-state index is -0.503. The number of hydrogen-bond donors (Lipinski definition) is 4. The highest BCUT2D eigenvalue weighted by molar-refractivity contribution is 5.94. The summed E-state index contributed by atoms with van der Waals surface area (Å²) in [6.45, 7) is 3.72. The van der Waals surface area contributed by atoms with E-state index in [1.54, 1.807) is 50.2 Å². The maximum Gasteiger partial charge on any atom is 0.319 e. The third kappa shape index (κ3) is 6.31. The molecule has 0 aliphatic rings. The number of anilines is 2. The van der Waals surface area contributed by atoms with Gasteiger partial charge in [0.15, 0.2) is 0 Å². The zero-order valence-electron chi connectivity index (χ0n) is 14.7. The number of urea groups is 1. The van der Waals surface area contributed by atoms with Crippen LogP contribution in [0.15, 0.2) is 47.1 Å². The van der Waals surface area contributed by atoms with Crippen molar-refractivity contribution in [3.63, 3.8) is 0 Å². The summed E-state index contributed by atoms with van der Waals surface area (Å²) < 4.78 is 5.09. The molecule has 1 heterocycles. The zero-order valence-corrected chi connectivity index (χ0v) is 14.7. The Labute approximate surface area is 151 Å². The van der Waals surface area contributed by atoms with Gasteiger partial charge >= 0.3 is 6.03 Å². The van der Waals surface area contributed by atoms with Crippen molar-refractivity contribution in [3.8, 4) is 0 Å². The smallest absolute Gasteiger partial charge is 0.319 e. The number of nitrogens with one attached hydrogen (secondary N) is 4. The van der Waals surface area contributed by atoms with Crippen molar-refractivity contribution in [3.05, 3.63) is 48.4 Å². The Kier molecular flexibility index (Phi) is 6.78. The molecular formula is C18H22N4O4. The number of rotatable bonds is 7. The fourth-order valence-corrected chi connectivity index (χ4v) is 1.92. The molecule has 2 rings (SSSR count). The first-order chi connectivity index (χ1) is 12.4. The van der Waals surface area contributed by atoms with Crippen molar-refractivity contribution in [1.29, 1.82) is 0 Å². The van der Waals surface area contributed by atoms with Crippen LogP contribution < -0.4 is 21.3 Å². The highest BCUT2D eigenvalue weighted by Gasteiger charge is 2.08. The topological polar surface area (TPSA) is 112 Å². The van der Waals surface area contributed by atoms with E-state index in [-0.39, 0.29) is 30.8 Å². The Morgan fingerprint density at radius 1 is 0.962 bits per heavy atom. The van der Waals surface area contributed by atoms with Crippen LogP contribution in [-0.4, -0.2) is 24.4 Å². The summed E-state index contributed by atoms with van der Waals surface area (Å²) in [5, 5.41) is 10.5. The second kappa shape index (κ2) is 9.26. The van der Waals surface area contributed by atoms with E-state index >= 15 is 0 Å². The Hall–Kier alpha value is -3.29. The van der Waals surface area contributed by atoms with Crippen molar-refractivity contribution in [2.24, 2.45) is 5.92 Å². The van der Waals surface area contributed by atoms with Crippen LogP contribution in [0.3, 0.4) is 0 Å². The van der Waals surface area contributed by atoms with E-state index in [4.69, 9.17) is 4.42 Å². The van der Waals surface area contributed by atoms with Gasteiger partial charge in [-0.15, -0.1) is 0 Å². The Balaban J connectivity index is 1.71. The van der Waals surface area contributed by atoms with Crippen LogP contribution >= 0.6 is 0 Å². The van der Waals surface area contributed by atoms with Crippen molar-refractivity contribution in [2.45, 2.75) is 20.4 Å². The number of amides is 4. The summed E-state index contributed by atoms with van der Waals surface area (Å²) in [6, 6.07) is 9.66. The molecule has 8 heteroatoms. The summed E-state index contributed by atoms with van der Waals surface area (Å²) in [4.78, 5) is 35.1. The molecule has 0 saturated carbocycles. The van der Waals surface area contributed by atoms with Crippen molar-refractivity contribution < 1.29 is 18.8 Å². The lowest BCUT2D eigenvalue weighted by Crippen LogP contribution is -2.38. The summed E-state index contributed by atoms with van der Waals surface area (Å²) in [5.41, 5.74) is 1.19. The van der Waals surface area contributed by atoms with Crippen LogP contribution in [0, 0.1) is 5.92 Å². The molecule has 1 aromatic carbocycles. The second-order valence-corrected chi connectivity index (χ2v) is 5.89. The van der Waals surface area contributed by atoms with E-state index in [1.807, 2.05) is 0 Å². The van der Waals surface area contributed by atoms with Crippen molar-refractivity contribution in [1.82, 2.24) is 10.6 Å². The third-order valence-electron chi connectivity index (χ3n) is 3.38. The van der Waals surface area contributed by atoms with E-state index < -0.39 is 6.03 Å². The van der Waals surface area contributed by atoms with Crippen LogP contribution in [0.5, 0.6) is 0 Å². The SMILES string of the molecule is CC(C)C(=O)Nc1ccc(NC(=O)NCC(=O)NCc2ccco2)cc1. The lowest BCUT2D eigenvalue weighted by molar-refractivity contribution is -0.120. The largest absolute Gasteiger partial charge is 0.467 e. The maximum absolute atomic E-state index is 11.8.